The minimum Gasteiger partial charge on any atom is -0.469 e. The van der Waals surface area contributed by atoms with Crippen LogP contribution in [0.1, 0.15) is 20.8 Å². The first-order valence-corrected chi connectivity index (χ1v) is 6.80. The molecule has 0 N–H and O–H groups in total. The van der Waals surface area contributed by atoms with Crippen molar-refractivity contribution >= 4 is 39.9 Å². The molecular weight excluding hydrogens is 299 g/mol. The highest BCUT2D eigenvalue weighted by Crippen LogP contribution is 2.31. The van der Waals surface area contributed by atoms with Gasteiger partial charge in [-0.25, -0.2) is 9.97 Å². The smallest absolute Gasteiger partial charge is 0.224 e. The second-order valence-electron chi connectivity index (χ2n) is 5.42. The van der Waals surface area contributed by atoms with Crippen LogP contribution in [-0.4, -0.2) is 22.4 Å². The number of rotatable bonds is 3. The van der Waals surface area contributed by atoms with E-state index in [-0.39, 0.29) is 12.4 Å². The number of fused-ring (bicyclic) bond motifs is 1. The first-order chi connectivity index (χ1) is 9.29. The number of hydrogen-bond acceptors (Lipinski definition) is 4. The Bertz CT molecular complexity index is 666. The summed E-state index contributed by atoms with van der Waals surface area (Å²) in [6.07, 6.45) is 1.35. The Morgan fingerprint density at radius 3 is 2.60 bits per heavy atom. The van der Waals surface area contributed by atoms with Crippen LogP contribution in [0.25, 0.3) is 10.9 Å². The average Bonchev–Trinajstić information content (AvgIpc) is 2.34. The molecule has 0 radical (unpaired) electrons. The van der Waals surface area contributed by atoms with E-state index in [9.17, 15) is 4.79 Å². The molecule has 0 aliphatic rings. The lowest BCUT2D eigenvalue weighted by Crippen LogP contribution is -2.26. The van der Waals surface area contributed by atoms with Gasteiger partial charge in [0, 0.05) is 10.4 Å². The maximum atomic E-state index is 11.9. The molecule has 0 aliphatic heterocycles. The number of carbonyl (C=O) groups excluding carboxylic acids is 1. The molecule has 0 fully saturated rings. The monoisotopic (exact) mass is 312 g/mol. The molecule has 4 nitrogen and oxygen atoms in total. The quantitative estimate of drug-likeness (QED) is 0.861. The van der Waals surface area contributed by atoms with Crippen molar-refractivity contribution in [1.29, 1.82) is 0 Å². The summed E-state index contributed by atoms with van der Waals surface area (Å²) in [5, 5.41) is 1.47. The molecule has 0 saturated heterocycles. The van der Waals surface area contributed by atoms with Gasteiger partial charge in [-0.2, -0.15) is 0 Å². The Balaban J connectivity index is 2.34. The van der Waals surface area contributed by atoms with Crippen molar-refractivity contribution < 1.29 is 9.53 Å². The van der Waals surface area contributed by atoms with E-state index in [2.05, 4.69) is 9.97 Å². The molecule has 0 aliphatic carbocycles. The maximum absolute atomic E-state index is 11.9. The van der Waals surface area contributed by atoms with Gasteiger partial charge in [-0.15, -0.1) is 0 Å². The zero-order valence-corrected chi connectivity index (χ0v) is 12.9. The number of ether oxygens (including phenoxy) is 1. The lowest BCUT2D eigenvalue weighted by Gasteiger charge is -2.16. The first-order valence-electron chi connectivity index (χ1n) is 6.05. The zero-order chi connectivity index (χ0) is 14.9. The van der Waals surface area contributed by atoms with Gasteiger partial charge in [-0.3, -0.25) is 4.79 Å². The van der Waals surface area contributed by atoms with Gasteiger partial charge < -0.3 is 4.74 Å². The van der Waals surface area contributed by atoms with Crippen LogP contribution in [0.15, 0.2) is 18.5 Å². The fourth-order valence-electron chi connectivity index (χ4n) is 1.53. The molecule has 0 atom stereocenters. The zero-order valence-electron chi connectivity index (χ0n) is 11.4. The topological polar surface area (TPSA) is 52.1 Å². The standard InChI is InChI=1S/C14H14Cl2N2O2/c1-14(2,3)11(19)6-20-13-9-4-8(15)5-10(16)12(9)17-7-18-13/h4-5,7H,6H2,1-3H3. The summed E-state index contributed by atoms with van der Waals surface area (Å²) < 4.78 is 5.50. The largest absolute Gasteiger partial charge is 0.469 e. The van der Waals surface area contributed by atoms with E-state index in [1.54, 1.807) is 12.1 Å². The Hall–Kier alpha value is -1.39. The van der Waals surface area contributed by atoms with Gasteiger partial charge in [-0.05, 0) is 12.1 Å². The van der Waals surface area contributed by atoms with Crippen molar-refractivity contribution in [1.82, 2.24) is 9.97 Å². The van der Waals surface area contributed by atoms with E-state index < -0.39 is 5.41 Å². The molecule has 0 saturated carbocycles. The van der Waals surface area contributed by atoms with E-state index in [4.69, 9.17) is 27.9 Å². The van der Waals surface area contributed by atoms with Crippen molar-refractivity contribution in [3.63, 3.8) is 0 Å². The first kappa shape index (κ1) is 15.0. The number of ketones is 1. The van der Waals surface area contributed by atoms with Crippen molar-refractivity contribution in [2.24, 2.45) is 5.41 Å². The predicted molar refractivity (Wildman–Crippen MR) is 79.5 cm³/mol. The van der Waals surface area contributed by atoms with Gasteiger partial charge in [0.25, 0.3) is 0 Å². The molecule has 6 heteroatoms. The van der Waals surface area contributed by atoms with Crippen LogP contribution in [-0.2, 0) is 4.79 Å². The van der Waals surface area contributed by atoms with Crippen molar-refractivity contribution in [3.8, 4) is 5.88 Å². The number of hydrogen-bond donors (Lipinski definition) is 0. The fourth-order valence-corrected chi connectivity index (χ4v) is 2.08. The van der Waals surface area contributed by atoms with Gasteiger partial charge in [0.2, 0.25) is 5.88 Å². The van der Waals surface area contributed by atoms with E-state index in [0.717, 1.165) is 0 Å². The molecule has 2 aromatic rings. The summed E-state index contributed by atoms with van der Waals surface area (Å²) >= 11 is 12.0. The molecule has 0 bridgehead atoms. The lowest BCUT2D eigenvalue weighted by molar-refractivity contribution is -0.128. The van der Waals surface area contributed by atoms with Crippen LogP contribution in [0, 0.1) is 5.41 Å². The highest BCUT2D eigenvalue weighted by Gasteiger charge is 2.22. The van der Waals surface area contributed by atoms with Gasteiger partial charge in [0.05, 0.1) is 15.9 Å². The number of benzene rings is 1. The van der Waals surface area contributed by atoms with Crippen LogP contribution in [0.5, 0.6) is 5.88 Å². The Labute approximate surface area is 127 Å². The van der Waals surface area contributed by atoms with Crippen LogP contribution in [0.3, 0.4) is 0 Å². The van der Waals surface area contributed by atoms with Crippen LogP contribution >= 0.6 is 23.2 Å². The van der Waals surface area contributed by atoms with Gasteiger partial charge in [0.1, 0.15) is 12.9 Å². The van der Waals surface area contributed by atoms with E-state index >= 15 is 0 Å². The molecule has 0 amide bonds. The summed E-state index contributed by atoms with van der Waals surface area (Å²) in [7, 11) is 0. The third-order valence-electron chi connectivity index (χ3n) is 2.80. The fraction of sp³-hybridized carbons (Fsp3) is 0.357. The number of halogens is 2. The predicted octanol–water partition coefficient (Wildman–Crippen LogP) is 3.93. The van der Waals surface area contributed by atoms with Gasteiger partial charge >= 0.3 is 0 Å². The van der Waals surface area contributed by atoms with Gasteiger partial charge in [0.15, 0.2) is 5.78 Å². The second-order valence-corrected chi connectivity index (χ2v) is 6.27. The molecule has 0 unspecified atom stereocenters. The molecule has 20 heavy (non-hydrogen) atoms. The molecule has 1 aromatic carbocycles. The van der Waals surface area contributed by atoms with Crippen molar-refractivity contribution in [2.75, 3.05) is 6.61 Å². The average molecular weight is 313 g/mol. The summed E-state index contributed by atoms with van der Waals surface area (Å²) in [5.41, 5.74) is 0.0854. The van der Waals surface area contributed by atoms with Crippen LogP contribution < -0.4 is 4.74 Å². The highest BCUT2D eigenvalue weighted by atomic mass is 35.5. The minimum absolute atomic E-state index is 0.0163. The van der Waals surface area contributed by atoms with Crippen LogP contribution in [0.4, 0.5) is 0 Å². The number of carbonyl (C=O) groups is 1. The highest BCUT2D eigenvalue weighted by molar-refractivity contribution is 6.38. The normalized spacial score (nSPS) is 11.7. The summed E-state index contributed by atoms with van der Waals surface area (Å²) in [6.45, 7) is 5.46. The Kier molecular flexibility index (Phi) is 4.16. The number of aromatic nitrogens is 2. The van der Waals surface area contributed by atoms with Crippen molar-refractivity contribution in [2.45, 2.75) is 20.8 Å². The van der Waals surface area contributed by atoms with E-state index in [0.29, 0.717) is 26.8 Å². The number of nitrogens with zero attached hydrogens (tertiary/aromatic N) is 2. The summed E-state index contributed by atoms with van der Waals surface area (Å²) in [6, 6.07) is 3.27. The second kappa shape index (κ2) is 5.54. The lowest BCUT2D eigenvalue weighted by atomic mass is 9.91. The third-order valence-corrected chi connectivity index (χ3v) is 3.30. The molecule has 1 aromatic heterocycles. The maximum Gasteiger partial charge on any atom is 0.224 e. The summed E-state index contributed by atoms with van der Waals surface area (Å²) in [5.74, 6) is 0.286. The SMILES string of the molecule is CC(C)(C)C(=O)COc1ncnc2c(Cl)cc(Cl)cc12. The number of Topliss-reactive ketones (excluding diaryl/α,β-unsaturated/α-hetero) is 1. The van der Waals surface area contributed by atoms with E-state index in [1.165, 1.54) is 6.33 Å². The van der Waals surface area contributed by atoms with Crippen LogP contribution in [0.2, 0.25) is 10.0 Å². The van der Waals surface area contributed by atoms with Crippen molar-refractivity contribution in [3.05, 3.63) is 28.5 Å². The molecule has 0 spiro atoms. The Morgan fingerprint density at radius 2 is 1.95 bits per heavy atom. The molecule has 106 valence electrons. The molecule has 2 rings (SSSR count). The Morgan fingerprint density at radius 1 is 1.25 bits per heavy atom. The molecule has 1 heterocycles. The van der Waals surface area contributed by atoms with Gasteiger partial charge in [-0.1, -0.05) is 44.0 Å². The minimum atomic E-state index is -0.460. The molecular formula is C14H14Cl2N2O2. The third kappa shape index (κ3) is 3.19. The summed E-state index contributed by atoms with van der Waals surface area (Å²) in [4.78, 5) is 20.0. The van der Waals surface area contributed by atoms with E-state index in [1.807, 2.05) is 20.8 Å².